The second kappa shape index (κ2) is 4.16. The quantitative estimate of drug-likeness (QED) is 0.779. The zero-order valence-electron chi connectivity index (χ0n) is 10.5. The van der Waals surface area contributed by atoms with Gasteiger partial charge in [-0.15, -0.1) is 0 Å². The highest BCUT2D eigenvalue weighted by atomic mass is 79.9. The van der Waals surface area contributed by atoms with Gasteiger partial charge < -0.3 is 10.2 Å². The van der Waals surface area contributed by atoms with Crippen molar-refractivity contribution in [1.29, 1.82) is 0 Å². The van der Waals surface area contributed by atoms with Gasteiger partial charge in [-0.1, -0.05) is 28.8 Å². The third-order valence-electron chi connectivity index (χ3n) is 4.96. The van der Waals surface area contributed by atoms with Crippen LogP contribution in [-0.2, 0) is 0 Å². The first-order chi connectivity index (χ1) is 8.83. The second-order valence-electron chi connectivity index (χ2n) is 5.95. The number of nitrogens with zero attached hydrogens (tertiary/aromatic N) is 1. The normalized spacial score (nSPS) is 33.4. The fraction of sp³-hybridized carbons (Fsp3) is 0.600. The molecule has 4 rings (SSSR count). The minimum Gasteiger partial charge on any atom is -0.381 e. The Morgan fingerprint density at radius 1 is 1.22 bits per heavy atom. The molecule has 1 N–H and O–H groups in total. The van der Waals surface area contributed by atoms with Crippen molar-refractivity contribution in [3.8, 4) is 0 Å². The lowest BCUT2D eigenvalue weighted by atomic mass is 9.85. The Bertz CT molecular complexity index is 474. The smallest absolute Gasteiger partial charge is 0.0608 e. The van der Waals surface area contributed by atoms with Crippen LogP contribution >= 0.6 is 15.9 Å². The number of hydrogen-bond acceptors (Lipinski definition) is 2. The third-order valence-corrected chi connectivity index (χ3v) is 5.45. The molecule has 3 unspecified atom stereocenters. The summed E-state index contributed by atoms with van der Waals surface area (Å²) in [6.45, 7) is 1.12. The van der Waals surface area contributed by atoms with Gasteiger partial charge in [-0.2, -0.15) is 0 Å². The van der Waals surface area contributed by atoms with E-state index in [4.69, 9.17) is 0 Å². The van der Waals surface area contributed by atoms with Crippen molar-refractivity contribution in [3.63, 3.8) is 0 Å². The fourth-order valence-corrected chi connectivity index (χ4v) is 4.58. The molecule has 0 spiro atoms. The molecule has 2 nitrogen and oxygen atoms in total. The number of rotatable bonds is 0. The van der Waals surface area contributed by atoms with E-state index in [0.29, 0.717) is 0 Å². The first-order valence-electron chi connectivity index (χ1n) is 7.15. The third kappa shape index (κ3) is 1.59. The van der Waals surface area contributed by atoms with Crippen LogP contribution in [0.25, 0.3) is 0 Å². The van der Waals surface area contributed by atoms with E-state index in [9.17, 15) is 0 Å². The van der Waals surface area contributed by atoms with Crippen LogP contribution in [0.4, 0.5) is 11.4 Å². The maximum absolute atomic E-state index is 3.61. The first-order valence-corrected chi connectivity index (χ1v) is 7.94. The largest absolute Gasteiger partial charge is 0.381 e. The van der Waals surface area contributed by atoms with E-state index in [1.165, 1.54) is 48.0 Å². The Hall–Kier alpha value is -0.700. The second-order valence-corrected chi connectivity index (χ2v) is 6.87. The van der Waals surface area contributed by atoms with Gasteiger partial charge in [-0.3, -0.25) is 0 Å². The van der Waals surface area contributed by atoms with Crippen molar-refractivity contribution in [3.05, 3.63) is 22.7 Å². The maximum Gasteiger partial charge on any atom is 0.0608 e. The summed E-state index contributed by atoms with van der Waals surface area (Å²) in [6.07, 6.45) is 7.11. The SMILES string of the molecule is Brc1ccc2c(c1)NCC1CC3CCCCC3N21. The first kappa shape index (κ1) is 11.2. The molecule has 2 fully saturated rings. The summed E-state index contributed by atoms with van der Waals surface area (Å²) in [5, 5.41) is 3.61. The Kier molecular flexibility index (Phi) is 2.58. The molecular formula is C15H19BrN2. The summed E-state index contributed by atoms with van der Waals surface area (Å²) in [5.74, 6) is 0.945. The van der Waals surface area contributed by atoms with Crippen LogP contribution in [-0.4, -0.2) is 18.6 Å². The number of fused-ring (bicyclic) bond motifs is 5. The molecule has 3 atom stereocenters. The summed E-state index contributed by atoms with van der Waals surface area (Å²) in [4.78, 5) is 2.74. The van der Waals surface area contributed by atoms with E-state index in [-0.39, 0.29) is 0 Å². The van der Waals surface area contributed by atoms with Gasteiger partial charge >= 0.3 is 0 Å². The van der Waals surface area contributed by atoms with Gasteiger partial charge in [0.15, 0.2) is 0 Å². The average molecular weight is 307 g/mol. The monoisotopic (exact) mass is 306 g/mol. The van der Waals surface area contributed by atoms with Crippen LogP contribution in [0.5, 0.6) is 0 Å². The maximum atomic E-state index is 3.61. The Balaban J connectivity index is 1.75. The molecule has 3 aliphatic rings. The van der Waals surface area contributed by atoms with Crippen LogP contribution in [0, 0.1) is 5.92 Å². The van der Waals surface area contributed by atoms with Gasteiger partial charge in [0.1, 0.15) is 0 Å². The zero-order valence-corrected chi connectivity index (χ0v) is 12.1. The van der Waals surface area contributed by atoms with Crippen molar-refractivity contribution in [1.82, 2.24) is 0 Å². The minimum absolute atomic E-state index is 0.728. The summed E-state index contributed by atoms with van der Waals surface area (Å²) < 4.78 is 1.17. The van der Waals surface area contributed by atoms with Gasteiger partial charge in [0, 0.05) is 23.1 Å². The molecular weight excluding hydrogens is 288 g/mol. The summed E-state index contributed by atoms with van der Waals surface area (Å²) in [5.41, 5.74) is 2.75. The number of nitrogens with one attached hydrogen (secondary N) is 1. The lowest BCUT2D eigenvalue weighted by Crippen LogP contribution is -2.44. The molecule has 2 aliphatic heterocycles. The molecule has 1 aromatic carbocycles. The van der Waals surface area contributed by atoms with E-state index in [2.05, 4.69) is 44.3 Å². The van der Waals surface area contributed by atoms with E-state index < -0.39 is 0 Å². The Morgan fingerprint density at radius 2 is 2.11 bits per heavy atom. The molecule has 1 saturated heterocycles. The van der Waals surface area contributed by atoms with Gasteiger partial charge in [0.2, 0.25) is 0 Å². The molecule has 0 aromatic heterocycles. The van der Waals surface area contributed by atoms with Gasteiger partial charge in [0.25, 0.3) is 0 Å². The highest BCUT2D eigenvalue weighted by Gasteiger charge is 2.44. The van der Waals surface area contributed by atoms with Crippen molar-refractivity contribution < 1.29 is 0 Å². The van der Waals surface area contributed by atoms with E-state index in [1.807, 2.05) is 0 Å². The van der Waals surface area contributed by atoms with Crippen LogP contribution in [0.2, 0.25) is 0 Å². The summed E-state index contributed by atoms with van der Waals surface area (Å²) in [6, 6.07) is 8.23. The minimum atomic E-state index is 0.728. The molecule has 0 bridgehead atoms. The molecule has 18 heavy (non-hydrogen) atoms. The number of anilines is 2. The molecule has 1 aliphatic carbocycles. The fourth-order valence-electron chi connectivity index (χ4n) is 4.22. The average Bonchev–Trinajstić information content (AvgIpc) is 2.77. The standard InChI is InChI=1S/C15H19BrN2/c16-11-5-6-15-13(8-11)17-9-12-7-10-3-1-2-4-14(10)18(12)15/h5-6,8,10,12,14,17H,1-4,7,9H2. The van der Waals surface area contributed by atoms with E-state index in [1.54, 1.807) is 0 Å². The lowest BCUT2D eigenvalue weighted by molar-refractivity contribution is 0.342. The van der Waals surface area contributed by atoms with Crippen LogP contribution < -0.4 is 10.2 Å². The topological polar surface area (TPSA) is 15.3 Å². The molecule has 2 heterocycles. The van der Waals surface area contributed by atoms with Crippen molar-refractivity contribution >= 4 is 27.3 Å². The van der Waals surface area contributed by atoms with Crippen LogP contribution in [0.1, 0.15) is 32.1 Å². The Morgan fingerprint density at radius 3 is 3.06 bits per heavy atom. The number of halogens is 1. The van der Waals surface area contributed by atoms with E-state index in [0.717, 1.165) is 24.5 Å². The highest BCUT2D eigenvalue weighted by Crippen LogP contribution is 2.46. The van der Waals surface area contributed by atoms with Gasteiger partial charge in [0.05, 0.1) is 11.4 Å². The molecule has 0 amide bonds. The summed E-state index contributed by atoms with van der Waals surface area (Å²) >= 11 is 3.57. The molecule has 3 heteroatoms. The predicted molar refractivity (Wildman–Crippen MR) is 79.3 cm³/mol. The number of benzene rings is 1. The van der Waals surface area contributed by atoms with Gasteiger partial charge in [-0.25, -0.2) is 0 Å². The molecule has 0 radical (unpaired) electrons. The van der Waals surface area contributed by atoms with Crippen molar-refractivity contribution in [2.45, 2.75) is 44.2 Å². The lowest BCUT2D eigenvalue weighted by Gasteiger charge is -2.40. The van der Waals surface area contributed by atoms with Crippen LogP contribution in [0.3, 0.4) is 0 Å². The van der Waals surface area contributed by atoms with E-state index >= 15 is 0 Å². The van der Waals surface area contributed by atoms with Gasteiger partial charge in [-0.05, 0) is 43.4 Å². The number of hydrogen-bond donors (Lipinski definition) is 1. The predicted octanol–water partition coefficient (Wildman–Crippen LogP) is 4.01. The molecule has 1 saturated carbocycles. The summed E-state index contributed by atoms with van der Waals surface area (Å²) in [7, 11) is 0. The Labute approximate surface area is 117 Å². The molecule has 96 valence electrons. The molecule has 1 aromatic rings. The van der Waals surface area contributed by atoms with Crippen molar-refractivity contribution in [2.24, 2.45) is 5.92 Å². The highest BCUT2D eigenvalue weighted by molar-refractivity contribution is 9.10. The van der Waals surface area contributed by atoms with Crippen molar-refractivity contribution in [2.75, 3.05) is 16.8 Å². The zero-order chi connectivity index (χ0) is 12.1. The van der Waals surface area contributed by atoms with Crippen LogP contribution in [0.15, 0.2) is 22.7 Å².